The van der Waals surface area contributed by atoms with Crippen molar-refractivity contribution in [3.8, 4) is 17.2 Å². The van der Waals surface area contributed by atoms with Gasteiger partial charge >= 0.3 is 18.7 Å². The van der Waals surface area contributed by atoms with Crippen molar-refractivity contribution >= 4 is 5.69 Å². The van der Waals surface area contributed by atoms with E-state index in [-0.39, 0.29) is 5.56 Å². The van der Waals surface area contributed by atoms with Gasteiger partial charge in [-0.25, -0.2) is 0 Å². The zero-order valence-electron chi connectivity index (χ0n) is 20.2. The summed E-state index contributed by atoms with van der Waals surface area (Å²) in [6.45, 7) is -0.942. The highest BCUT2D eigenvalue weighted by Gasteiger charge is 2.44. The number of anilines is 1. The van der Waals surface area contributed by atoms with E-state index in [4.69, 9.17) is 4.74 Å². The van der Waals surface area contributed by atoms with E-state index in [1.807, 2.05) is 25.1 Å². The van der Waals surface area contributed by atoms with Gasteiger partial charge in [-0.1, -0.05) is 30.3 Å². The van der Waals surface area contributed by atoms with Crippen molar-refractivity contribution < 1.29 is 45.3 Å². The molecule has 0 bridgehead atoms. The number of nitrogens with one attached hydrogen (secondary N) is 1. The molecule has 12 heteroatoms. The van der Waals surface area contributed by atoms with E-state index < -0.39 is 43.2 Å². The molecule has 0 aliphatic rings. The third-order valence-corrected chi connectivity index (χ3v) is 5.35. The lowest BCUT2D eigenvalue weighted by Crippen LogP contribution is -2.40. The fourth-order valence-corrected chi connectivity index (χ4v) is 3.45. The van der Waals surface area contributed by atoms with Gasteiger partial charge in [0.05, 0.1) is 6.04 Å². The molecule has 0 saturated heterocycles. The average molecular weight is 546 g/mol. The first-order valence-corrected chi connectivity index (χ1v) is 11.2. The van der Waals surface area contributed by atoms with Gasteiger partial charge in [-0.05, 0) is 47.5 Å². The molecule has 0 aliphatic heterocycles. The number of rotatable bonds is 11. The molecule has 0 amide bonds. The first-order valence-electron chi connectivity index (χ1n) is 11.2. The highest BCUT2D eigenvalue weighted by Crippen LogP contribution is 2.33. The van der Waals surface area contributed by atoms with E-state index in [1.165, 1.54) is 18.2 Å². The molecule has 1 unspecified atom stereocenters. The summed E-state index contributed by atoms with van der Waals surface area (Å²) in [5, 5.41) is 12.1. The minimum absolute atomic E-state index is 0.119. The Morgan fingerprint density at radius 3 is 1.89 bits per heavy atom. The monoisotopic (exact) mass is 546 g/mol. The Hall–Kier alpha value is -3.51. The molecule has 0 aliphatic carbocycles. The number of hydrogen-bond donors (Lipinski definition) is 2. The van der Waals surface area contributed by atoms with Crippen molar-refractivity contribution in [2.75, 3.05) is 25.5 Å². The number of hydrogen-bond acceptors (Lipinski definition) is 5. The fraction of sp³-hybridized carbons (Fsp3) is 0.308. The molecule has 3 rings (SSSR count). The minimum Gasteiger partial charge on any atom is -0.457 e. The maximum absolute atomic E-state index is 13.4. The fourth-order valence-electron chi connectivity index (χ4n) is 3.45. The Labute approximate surface area is 214 Å². The van der Waals surface area contributed by atoms with E-state index in [9.17, 15) is 35.8 Å². The molecule has 0 radical (unpaired) electrons. The second-order valence-corrected chi connectivity index (χ2v) is 8.50. The van der Waals surface area contributed by atoms with Crippen LogP contribution in [0.3, 0.4) is 0 Å². The maximum Gasteiger partial charge on any atom is 0.461 e. The Bertz CT molecular complexity index is 1210. The van der Waals surface area contributed by atoms with Crippen LogP contribution < -0.4 is 19.7 Å². The van der Waals surface area contributed by atoms with Gasteiger partial charge in [0, 0.05) is 32.4 Å². The maximum atomic E-state index is 13.4. The molecule has 2 N–H and O–H groups in total. The van der Waals surface area contributed by atoms with Crippen molar-refractivity contribution in [3.63, 3.8) is 0 Å². The Balaban J connectivity index is 1.94. The zero-order chi connectivity index (χ0) is 28.1. The first kappa shape index (κ1) is 29.1. The van der Waals surface area contributed by atoms with Gasteiger partial charge in [-0.15, -0.1) is 0 Å². The second kappa shape index (κ2) is 11.9. The van der Waals surface area contributed by atoms with Gasteiger partial charge in [0.1, 0.15) is 17.2 Å². The number of alkyl halides is 7. The summed E-state index contributed by atoms with van der Waals surface area (Å²) in [6.07, 6.45) is -16.5. The quantitative estimate of drug-likeness (QED) is 0.273. The molecule has 0 heterocycles. The topological polar surface area (TPSA) is 54.0 Å². The van der Waals surface area contributed by atoms with Gasteiger partial charge in [0.25, 0.3) is 0 Å². The molecule has 38 heavy (non-hydrogen) atoms. The van der Waals surface area contributed by atoms with Crippen molar-refractivity contribution in [2.45, 2.75) is 30.9 Å². The van der Waals surface area contributed by atoms with Crippen LogP contribution in [0.1, 0.15) is 17.2 Å². The number of halogens is 7. The van der Waals surface area contributed by atoms with Crippen LogP contribution in [0.25, 0.3) is 0 Å². The number of benzene rings is 3. The largest absolute Gasteiger partial charge is 0.461 e. The van der Waals surface area contributed by atoms with Crippen LogP contribution >= 0.6 is 0 Å². The molecule has 0 aromatic heterocycles. The second-order valence-electron chi connectivity index (χ2n) is 8.50. The number of aliphatic hydroxyl groups excluding tert-OH is 1. The van der Waals surface area contributed by atoms with Gasteiger partial charge in [-0.3, -0.25) is 0 Å². The molecule has 0 saturated carbocycles. The van der Waals surface area contributed by atoms with Crippen LogP contribution in [0.5, 0.6) is 17.2 Å². The van der Waals surface area contributed by atoms with Crippen molar-refractivity contribution in [1.82, 2.24) is 5.32 Å². The Kier molecular flexibility index (Phi) is 9.10. The standard InChI is InChI=1S/C26H25F7N2O3/c1-35(2)18-8-5-10-20(14-18)37-19-9-3-6-16(12-19)23(34-15-22(36)25(29,30)31)17-7-4-11-21(13-17)38-26(32,33)24(27)28/h3-14,22-24,34,36H,15H2,1-2H3/t22-,23?/m1/s1. The molecule has 0 spiro atoms. The van der Waals surface area contributed by atoms with Crippen LogP contribution in [-0.4, -0.2) is 50.6 Å². The Morgan fingerprint density at radius 2 is 1.34 bits per heavy atom. The lowest BCUT2D eigenvalue weighted by atomic mass is 9.98. The van der Waals surface area contributed by atoms with E-state index in [2.05, 4.69) is 10.1 Å². The van der Waals surface area contributed by atoms with Crippen molar-refractivity contribution in [3.05, 3.63) is 83.9 Å². The highest BCUT2D eigenvalue weighted by atomic mass is 19.4. The molecule has 3 aromatic carbocycles. The van der Waals surface area contributed by atoms with Gasteiger partial charge in [0.2, 0.25) is 0 Å². The number of ether oxygens (including phenoxy) is 2. The summed E-state index contributed by atoms with van der Waals surface area (Å²) in [5.41, 5.74) is 1.32. The predicted molar refractivity (Wildman–Crippen MR) is 127 cm³/mol. The highest BCUT2D eigenvalue weighted by molar-refractivity contribution is 5.50. The third-order valence-electron chi connectivity index (χ3n) is 5.35. The Morgan fingerprint density at radius 1 is 0.816 bits per heavy atom. The molecule has 3 aromatic rings. The summed E-state index contributed by atoms with van der Waals surface area (Å²) in [7, 11) is 3.70. The summed E-state index contributed by atoms with van der Waals surface area (Å²) in [5.74, 6) is 0.178. The molecule has 206 valence electrons. The zero-order valence-corrected chi connectivity index (χ0v) is 20.2. The van der Waals surface area contributed by atoms with E-state index in [1.54, 1.807) is 36.4 Å². The van der Waals surface area contributed by atoms with Gasteiger partial charge in [-0.2, -0.15) is 30.7 Å². The van der Waals surface area contributed by atoms with Crippen LogP contribution in [0.4, 0.5) is 36.4 Å². The minimum atomic E-state index is -4.91. The molecule has 0 fully saturated rings. The summed E-state index contributed by atoms with van der Waals surface area (Å²) < 4.78 is 101. The molecular formula is C26H25F7N2O3. The summed E-state index contributed by atoms with van der Waals surface area (Å²) in [6, 6.07) is 16.9. The van der Waals surface area contributed by atoms with Gasteiger partial charge in [0.15, 0.2) is 6.10 Å². The normalized spacial score (nSPS) is 13.8. The van der Waals surface area contributed by atoms with Crippen LogP contribution in [0.15, 0.2) is 72.8 Å². The molecular weight excluding hydrogens is 521 g/mol. The molecule has 2 atom stereocenters. The van der Waals surface area contributed by atoms with E-state index >= 15 is 0 Å². The van der Waals surface area contributed by atoms with Crippen LogP contribution in [0.2, 0.25) is 0 Å². The van der Waals surface area contributed by atoms with Crippen molar-refractivity contribution in [2.24, 2.45) is 0 Å². The third kappa shape index (κ3) is 7.75. The van der Waals surface area contributed by atoms with Crippen LogP contribution in [0, 0.1) is 0 Å². The lowest BCUT2D eigenvalue weighted by molar-refractivity contribution is -0.253. The molecule has 5 nitrogen and oxygen atoms in total. The smallest absolute Gasteiger partial charge is 0.457 e. The first-order chi connectivity index (χ1) is 17.8. The van der Waals surface area contributed by atoms with Gasteiger partial charge < -0.3 is 24.8 Å². The SMILES string of the molecule is CN(C)c1cccc(Oc2cccc(C(NC[C@@H](O)C(F)(F)F)c3cccc(OC(F)(F)C(F)F)c3)c2)c1. The van der Waals surface area contributed by atoms with Crippen molar-refractivity contribution in [1.29, 1.82) is 0 Å². The van der Waals surface area contributed by atoms with Crippen LogP contribution in [-0.2, 0) is 0 Å². The lowest BCUT2D eigenvalue weighted by Gasteiger charge is -2.24. The number of nitrogens with zero attached hydrogens (tertiary/aromatic N) is 1. The van der Waals surface area contributed by atoms with E-state index in [0.29, 0.717) is 17.1 Å². The average Bonchev–Trinajstić information content (AvgIpc) is 2.84. The number of aliphatic hydroxyl groups is 1. The summed E-state index contributed by atoms with van der Waals surface area (Å²) >= 11 is 0. The predicted octanol–water partition coefficient (Wildman–Crippen LogP) is 6.38. The summed E-state index contributed by atoms with van der Waals surface area (Å²) in [4.78, 5) is 1.86. The van der Waals surface area contributed by atoms with E-state index in [0.717, 1.165) is 17.8 Å².